The Kier molecular flexibility index (Phi) is 3.00. The molecule has 19 heavy (non-hydrogen) atoms. The largest absolute Gasteiger partial charge is 0.378 e. The average Bonchev–Trinajstić information content (AvgIpc) is 2.93. The fraction of sp³-hybridized carbons (Fsp3) is 0.214. The maximum Gasteiger partial charge on any atom is 0.139 e. The molecule has 1 aromatic carbocycles. The van der Waals surface area contributed by atoms with Gasteiger partial charge in [0.1, 0.15) is 5.60 Å². The second kappa shape index (κ2) is 4.44. The molecular formula is C14H13BrN2OS. The Morgan fingerprint density at radius 2 is 2.11 bits per heavy atom. The molecule has 2 heterocycles. The molecule has 0 saturated heterocycles. The molecule has 0 saturated carbocycles. The summed E-state index contributed by atoms with van der Waals surface area (Å²) in [5.74, 6) is 0. The molecule has 1 unspecified atom stereocenters. The number of nitrogens with zero attached hydrogens (tertiary/aromatic N) is 2. The van der Waals surface area contributed by atoms with Gasteiger partial charge < -0.3 is 5.11 Å². The lowest BCUT2D eigenvalue weighted by atomic mass is 10.00. The Morgan fingerprint density at radius 1 is 1.37 bits per heavy atom. The van der Waals surface area contributed by atoms with E-state index < -0.39 is 5.60 Å². The van der Waals surface area contributed by atoms with Crippen LogP contribution >= 0.6 is 27.3 Å². The Hall–Kier alpha value is -1.17. The lowest BCUT2D eigenvalue weighted by Gasteiger charge is -2.22. The van der Waals surface area contributed by atoms with Crippen LogP contribution < -0.4 is 0 Å². The zero-order valence-corrected chi connectivity index (χ0v) is 13.0. The number of halogens is 1. The van der Waals surface area contributed by atoms with Crippen LogP contribution in [0.15, 0.2) is 41.0 Å². The van der Waals surface area contributed by atoms with E-state index in [-0.39, 0.29) is 0 Å². The van der Waals surface area contributed by atoms with E-state index in [0.29, 0.717) is 0 Å². The zero-order valence-electron chi connectivity index (χ0n) is 10.6. The second-order valence-corrected chi connectivity index (χ2v) is 6.62. The molecule has 3 nitrogen and oxygen atoms in total. The number of rotatable bonds is 2. The molecule has 1 atom stereocenters. The van der Waals surface area contributed by atoms with Gasteiger partial charge in [0, 0.05) is 16.6 Å². The fourth-order valence-electron chi connectivity index (χ4n) is 2.30. The van der Waals surface area contributed by atoms with Crippen molar-refractivity contribution in [1.29, 1.82) is 0 Å². The minimum absolute atomic E-state index is 0.763. The van der Waals surface area contributed by atoms with Crippen molar-refractivity contribution in [3.63, 3.8) is 0 Å². The first-order valence-corrected chi connectivity index (χ1v) is 7.50. The van der Waals surface area contributed by atoms with E-state index in [1.807, 2.05) is 25.2 Å². The number of fused-ring (bicyclic) bond motifs is 1. The molecule has 2 aromatic heterocycles. The smallest absolute Gasteiger partial charge is 0.139 e. The Balaban J connectivity index is 2.19. The van der Waals surface area contributed by atoms with E-state index in [1.54, 1.807) is 29.1 Å². The van der Waals surface area contributed by atoms with Crippen LogP contribution in [-0.4, -0.2) is 14.9 Å². The quantitative estimate of drug-likeness (QED) is 0.775. The predicted octanol–water partition coefficient (Wildman–Crippen LogP) is 3.65. The van der Waals surface area contributed by atoms with E-state index in [4.69, 9.17) is 0 Å². The maximum atomic E-state index is 10.9. The van der Waals surface area contributed by atoms with Gasteiger partial charge in [-0.1, -0.05) is 18.2 Å². The number of aryl methyl sites for hydroxylation is 1. The zero-order chi connectivity index (χ0) is 13.6. The van der Waals surface area contributed by atoms with E-state index in [1.165, 1.54) is 4.70 Å². The monoisotopic (exact) mass is 336 g/mol. The van der Waals surface area contributed by atoms with Crippen LogP contribution in [-0.2, 0) is 12.6 Å². The van der Waals surface area contributed by atoms with Crippen LogP contribution in [0.2, 0.25) is 0 Å². The lowest BCUT2D eigenvalue weighted by molar-refractivity contribution is 0.0961. The van der Waals surface area contributed by atoms with Crippen LogP contribution in [0.5, 0.6) is 0 Å². The summed E-state index contributed by atoms with van der Waals surface area (Å²) < 4.78 is 3.70. The van der Waals surface area contributed by atoms with Crippen molar-refractivity contribution >= 4 is 37.4 Å². The summed E-state index contributed by atoms with van der Waals surface area (Å²) in [5, 5.41) is 16.3. The van der Waals surface area contributed by atoms with Gasteiger partial charge in [-0.3, -0.25) is 4.68 Å². The molecule has 0 aliphatic rings. The van der Waals surface area contributed by atoms with Gasteiger partial charge in [-0.2, -0.15) is 5.10 Å². The van der Waals surface area contributed by atoms with Crippen molar-refractivity contribution < 1.29 is 5.11 Å². The van der Waals surface area contributed by atoms with Crippen molar-refractivity contribution in [1.82, 2.24) is 9.78 Å². The molecule has 0 radical (unpaired) electrons. The highest BCUT2D eigenvalue weighted by molar-refractivity contribution is 9.10. The number of aliphatic hydroxyl groups is 1. The third-order valence-corrected chi connectivity index (χ3v) is 5.17. The fourth-order valence-corrected chi connectivity index (χ4v) is 4.14. The van der Waals surface area contributed by atoms with Gasteiger partial charge in [-0.15, -0.1) is 11.3 Å². The van der Waals surface area contributed by atoms with Gasteiger partial charge in [0.25, 0.3) is 0 Å². The van der Waals surface area contributed by atoms with E-state index in [0.717, 1.165) is 20.4 Å². The first-order chi connectivity index (χ1) is 9.00. The van der Waals surface area contributed by atoms with Crippen LogP contribution in [0.4, 0.5) is 0 Å². The number of hydrogen-bond donors (Lipinski definition) is 1. The number of benzene rings is 1. The standard InChI is InChI=1S/C14H13BrN2OS/c1-14(18,13-10(15)8-16-17(13)2)12-7-9-5-3-4-6-11(9)19-12/h3-8,18H,1-2H3. The molecule has 0 bridgehead atoms. The highest BCUT2D eigenvalue weighted by atomic mass is 79.9. The molecular weight excluding hydrogens is 324 g/mol. The Bertz CT molecular complexity index is 692. The highest BCUT2D eigenvalue weighted by Gasteiger charge is 2.33. The van der Waals surface area contributed by atoms with Crippen molar-refractivity contribution in [3.05, 3.63) is 51.6 Å². The minimum atomic E-state index is -1.06. The highest BCUT2D eigenvalue weighted by Crippen LogP contribution is 2.39. The predicted molar refractivity (Wildman–Crippen MR) is 81.4 cm³/mol. The normalized spacial score (nSPS) is 14.7. The van der Waals surface area contributed by atoms with Gasteiger partial charge in [0.05, 0.1) is 16.4 Å². The number of thiophene rings is 1. The third-order valence-electron chi connectivity index (χ3n) is 3.26. The first-order valence-electron chi connectivity index (χ1n) is 5.89. The summed E-state index contributed by atoms with van der Waals surface area (Å²) in [7, 11) is 1.84. The Morgan fingerprint density at radius 3 is 2.74 bits per heavy atom. The lowest BCUT2D eigenvalue weighted by Crippen LogP contribution is -2.25. The minimum Gasteiger partial charge on any atom is -0.378 e. The number of aromatic nitrogens is 2. The van der Waals surface area contributed by atoms with Crippen LogP contribution in [0.25, 0.3) is 10.1 Å². The summed E-state index contributed by atoms with van der Waals surface area (Å²) in [4.78, 5) is 0.915. The second-order valence-electron chi connectivity index (χ2n) is 4.69. The van der Waals surface area contributed by atoms with Gasteiger partial charge in [-0.05, 0) is 40.4 Å². The van der Waals surface area contributed by atoms with Crippen molar-refractivity contribution in [2.45, 2.75) is 12.5 Å². The summed E-state index contributed by atoms with van der Waals surface area (Å²) in [6.45, 7) is 1.81. The summed E-state index contributed by atoms with van der Waals surface area (Å²) in [6, 6.07) is 10.2. The molecule has 0 amide bonds. The van der Waals surface area contributed by atoms with Crippen LogP contribution in [0.3, 0.4) is 0 Å². The number of hydrogen-bond acceptors (Lipinski definition) is 3. The molecule has 0 aliphatic heterocycles. The summed E-state index contributed by atoms with van der Waals surface area (Å²) >= 11 is 5.06. The molecule has 0 fully saturated rings. The average molecular weight is 337 g/mol. The molecule has 1 N–H and O–H groups in total. The molecule has 3 aromatic rings. The van der Waals surface area contributed by atoms with Crippen LogP contribution in [0, 0.1) is 0 Å². The molecule has 5 heteroatoms. The van der Waals surface area contributed by atoms with Crippen molar-refractivity contribution in [2.75, 3.05) is 0 Å². The summed E-state index contributed by atoms with van der Waals surface area (Å²) in [6.07, 6.45) is 1.71. The van der Waals surface area contributed by atoms with E-state index >= 15 is 0 Å². The van der Waals surface area contributed by atoms with E-state index in [9.17, 15) is 5.11 Å². The van der Waals surface area contributed by atoms with Gasteiger partial charge in [0.2, 0.25) is 0 Å². The maximum absolute atomic E-state index is 10.9. The van der Waals surface area contributed by atoms with Crippen LogP contribution in [0.1, 0.15) is 17.5 Å². The topological polar surface area (TPSA) is 38.0 Å². The van der Waals surface area contributed by atoms with E-state index in [2.05, 4.69) is 33.2 Å². The van der Waals surface area contributed by atoms with Crippen molar-refractivity contribution in [3.8, 4) is 0 Å². The molecule has 0 aliphatic carbocycles. The van der Waals surface area contributed by atoms with Gasteiger partial charge in [0.15, 0.2) is 0 Å². The van der Waals surface area contributed by atoms with Gasteiger partial charge >= 0.3 is 0 Å². The molecule has 0 spiro atoms. The summed E-state index contributed by atoms with van der Waals surface area (Å²) in [5.41, 5.74) is -0.299. The molecule has 3 rings (SSSR count). The SMILES string of the molecule is Cn1ncc(Br)c1C(C)(O)c1cc2ccccc2s1. The first kappa shape index (κ1) is 12.8. The molecule has 98 valence electrons. The Labute approximate surface area is 123 Å². The van der Waals surface area contributed by atoms with Gasteiger partial charge in [-0.25, -0.2) is 0 Å². The van der Waals surface area contributed by atoms with Crippen molar-refractivity contribution in [2.24, 2.45) is 7.05 Å². The third kappa shape index (κ3) is 2.02.